The SMILES string of the molecule is CCC(CC)c1cc(-c2ccc(C(C)(C)C)cc2C)[n+](C)cc1[Si](C)(C)C. The quantitative estimate of drug-likeness (QED) is 0.426. The molecule has 0 spiro atoms. The summed E-state index contributed by atoms with van der Waals surface area (Å²) in [6.45, 7) is 21.2. The van der Waals surface area contributed by atoms with Gasteiger partial charge in [-0.1, -0.05) is 66.4 Å². The molecule has 0 aliphatic rings. The highest BCUT2D eigenvalue weighted by molar-refractivity contribution is 6.89. The molecule has 0 N–H and O–H groups in total. The molecule has 0 aliphatic heterocycles. The molecule has 0 saturated carbocycles. The topological polar surface area (TPSA) is 3.88 Å². The van der Waals surface area contributed by atoms with Crippen molar-refractivity contribution in [3.63, 3.8) is 0 Å². The molecule has 2 aromatic rings. The first-order chi connectivity index (χ1) is 12.4. The fraction of sp³-hybridized carbons (Fsp3) is 0.560. The van der Waals surface area contributed by atoms with Gasteiger partial charge in [0.15, 0.2) is 6.20 Å². The third kappa shape index (κ3) is 4.71. The highest BCUT2D eigenvalue weighted by Gasteiger charge is 2.29. The van der Waals surface area contributed by atoms with Crippen molar-refractivity contribution >= 4 is 13.3 Å². The Hall–Kier alpha value is -1.41. The van der Waals surface area contributed by atoms with Crippen molar-refractivity contribution in [2.24, 2.45) is 7.05 Å². The summed E-state index contributed by atoms with van der Waals surface area (Å²) in [5, 5.41) is 1.62. The lowest BCUT2D eigenvalue weighted by molar-refractivity contribution is -0.659. The van der Waals surface area contributed by atoms with E-state index in [1.165, 1.54) is 35.2 Å². The van der Waals surface area contributed by atoms with Crippen LogP contribution in [0.25, 0.3) is 11.3 Å². The van der Waals surface area contributed by atoms with Crippen molar-refractivity contribution in [2.75, 3.05) is 0 Å². The first kappa shape index (κ1) is 21.9. The fourth-order valence-corrected chi connectivity index (χ4v) is 5.77. The van der Waals surface area contributed by atoms with E-state index >= 15 is 0 Å². The maximum Gasteiger partial charge on any atom is 0.212 e. The molecule has 1 aromatic heterocycles. The molecule has 27 heavy (non-hydrogen) atoms. The number of nitrogens with zero attached hydrogens (tertiary/aromatic N) is 1. The van der Waals surface area contributed by atoms with Gasteiger partial charge in [0.2, 0.25) is 5.69 Å². The standard InChI is InChI=1S/C25H40NSi/c1-11-19(12-2)22-16-23(26(7)17-24(22)27(8,9)10)21-14-13-20(15-18(21)3)25(4,5)6/h13-17,19H,11-12H2,1-10H3/q+1. The van der Waals surface area contributed by atoms with Gasteiger partial charge in [-0.05, 0) is 53.9 Å². The molecule has 0 unspecified atom stereocenters. The molecular formula is C25H40NSi+. The van der Waals surface area contributed by atoms with E-state index in [1.807, 2.05) is 0 Å². The maximum absolute atomic E-state index is 2.50. The summed E-state index contributed by atoms with van der Waals surface area (Å²) in [5.74, 6) is 0.654. The second-order valence-corrected chi connectivity index (χ2v) is 15.2. The Morgan fingerprint density at radius 1 is 1.00 bits per heavy atom. The first-order valence-corrected chi connectivity index (χ1v) is 14.1. The van der Waals surface area contributed by atoms with Crippen LogP contribution in [0.4, 0.5) is 0 Å². The number of hydrogen-bond acceptors (Lipinski definition) is 0. The third-order valence-electron chi connectivity index (χ3n) is 5.91. The van der Waals surface area contributed by atoms with Crippen LogP contribution in [0.2, 0.25) is 19.6 Å². The average molecular weight is 383 g/mol. The van der Waals surface area contributed by atoms with Crippen molar-refractivity contribution in [1.82, 2.24) is 0 Å². The zero-order valence-corrected chi connectivity index (χ0v) is 20.3. The molecule has 1 nitrogen and oxygen atoms in total. The van der Waals surface area contributed by atoms with Crippen molar-refractivity contribution in [3.8, 4) is 11.3 Å². The van der Waals surface area contributed by atoms with Crippen LogP contribution in [0.3, 0.4) is 0 Å². The Morgan fingerprint density at radius 3 is 2.04 bits per heavy atom. The van der Waals surface area contributed by atoms with E-state index in [0.717, 1.165) is 0 Å². The molecule has 0 fully saturated rings. The van der Waals surface area contributed by atoms with Crippen LogP contribution >= 0.6 is 0 Å². The van der Waals surface area contributed by atoms with Crippen LogP contribution in [0, 0.1) is 6.92 Å². The Kier molecular flexibility index (Phi) is 6.41. The molecule has 1 aromatic carbocycles. The summed E-state index contributed by atoms with van der Waals surface area (Å²) in [5.41, 5.74) is 7.26. The zero-order chi connectivity index (χ0) is 20.6. The number of pyridine rings is 1. The molecule has 0 amide bonds. The molecule has 1 heterocycles. The van der Waals surface area contributed by atoms with Gasteiger partial charge in [-0.15, -0.1) is 0 Å². The Morgan fingerprint density at radius 2 is 1.59 bits per heavy atom. The Labute approximate surface area is 168 Å². The number of aromatic nitrogens is 1. The van der Waals surface area contributed by atoms with Crippen molar-refractivity contribution in [3.05, 3.63) is 47.2 Å². The second-order valence-electron chi connectivity index (χ2n) is 10.2. The van der Waals surface area contributed by atoms with Crippen LogP contribution in [-0.4, -0.2) is 8.07 Å². The summed E-state index contributed by atoms with van der Waals surface area (Å²) >= 11 is 0. The summed E-state index contributed by atoms with van der Waals surface area (Å²) < 4.78 is 2.36. The minimum absolute atomic E-state index is 0.188. The highest BCUT2D eigenvalue weighted by Crippen LogP contribution is 2.30. The number of benzene rings is 1. The normalized spacial score (nSPS) is 12.7. The van der Waals surface area contributed by atoms with Crippen LogP contribution < -0.4 is 9.75 Å². The molecule has 0 radical (unpaired) electrons. The van der Waals surface area contributed by atoms with E-state index in [0.29, 0.717) is 5.92 Å². The van der Waals surface area contributed by atoms with Crippen molar-refractivity contribution in [2.45, 2.75) is 85.4 Å². The van der Waals surface area contributed by atoms with Crippen LogP contribution in [0.5, 0.6) is 0 Å². The molecule has 148 valence electrons. The summed E-state index contributed by atoms with van der Waals surface area (Å²) in [6, 6.07) is 9.52. The lowest BCUT2D eigenvalue weighted by atomic mass is 9.84. The number of aryl methyl sites for hydroxylation is 2. The largest absolute Gasteiger partial charge is 0.212 e. The van der Waals surface area contributed by atoms with Gasteiger partial charge in [0, 0.05) is 16.8 Å². The molecule has 0 atom stereocenters. The van der Waals surface area contributed by atoms with Gasteiger partial charge < -0.3 is 0 Å². The van der Waals surface area contributed by atoms with Gasteiger partial charge in [0.05, 0.1) is 8.07 Å². The molecule has 0 saturated heterocycles. The molecule has 0 aliphatic carbocycles. The molecule has 2 heteroatoms. The van der Waals surface area contributed by atoms with E-state index in [2.05, 4.69) is 103 Å². The van der Waals surface area contributed by atoms with E-state index in [-0.39, 0.29) is 5.41 Å². The van der Waals surface area contributed by atoms with E-state index in [4.69, 9.17) is 0 Å². The van der Waals surface area contributed by atoms with Gasteiger partial charge in [0.1, 0.15) is 7.05 Å². The van der Waals surface area contributed by atoms with Gasteiger partial charge in [0.25, 0.3) is 0 Å². The third-order valence-corrected chi connectivity index (χ3v) is 7.94. The fourth-order valence-electron chi connectivity index (χ4n) is 4.04. The van der Waals surface area contributed by atoms with Gasteiger partial charge in [-0.2, -0.15) is 0 Å². The second kappa shape index (κ2) is 7.91. The van der Waals surface area contributed by atoms with Crippen LogP contribution in [0.15, 0.2) is 30.5 Å². The van der Waals surface area contributed by atoms with Crippen LogP contribution in [0.1, 0.15) is 70.1 Å². The predicted octanol–water partition coefficient (Wildman–Crippen LogP) is 6.23. The van der Waals surface area contributed by atoms with E-state index in [9.17, 15) is 0 Å². The van der Waals surface area contributed by atoms with E-state index < -0.39 is 8.07 Å². The summed E-state index contributed by atoms with van der Waals surface area (Å²) in [4.78, 5) is 0. The Balaban J connectivity index is 2.70. The lowest BCUT2D eigenvalue weighted by Gasteiger charge is -2.25. The number of hydrogen-bond donors (Lipinski definition) is 0. The lowest BCUT2D eigenvalue weighted by Crippen LogP contribution is -2.47. The highest BCUT2D eigenvalue weighted by atomic mass is 28.3. The smallest absolute Gasteiger partial charge is 0.201 e. The molecule has 0 bridgehead atoms. The Bertz CT molecular complexity index is 802. The first-order valence-electron chi connectivity index (χ1n) is 10.6. The summed E-state index contributed by atoms with van der Waals surface area (Å²) in [7, 11) is 0.818. The van der Waals surface area contributed by atoms with Crippen LogP contribution in [-0.2, 0) is 12.5 Å². The maximum atomic E-state index is 2.50. The van der Waals surface area contributed by atoms with Gasteiger partial charge >= 0.3 is 0 Å². The average Bonchev–Trinajstić information content (AvgIpc) is 2.55. The van der Waals surface area contributed by atoms with Crippen molar-refractivity contribution in [1.29, 1.82) is 0 Å². The molecule has 2 rings (SSSR count). The van der Waals surface area contributed by atoms with Gasteiger partial charge in [-0.3, -0.25) is 0 Å². The minimum atomic E-state index is -1.40. The monoisotopic (exact) mass is 382 g/mol. The number of rotatable bonds is 5. The molecular weight excluding hydrogens is 342 g/mol. The van der Waals surface area contributed by atoms with Crippen molar-refractivity contribution < 1.29 is 4.57 Å². The van der Waals surface area contributed by atoms with E-state index in [1.54, 1.807) is 10.8 Å². The minimum Gasteiger partial charge on any atom is -0.201 e. The predicted molar refractivity (Wildman–Crippen MR) is 123 cm³/mol. The zero-order valence-electron chi connectivity index (χ0n) is 19.3. The van der Waals surface area contributed by atoms with Gasteiger partial charge in [-0.25, -0.2) is 4.57 Å². The summed E-state index contributed by atoms with van der Waals surface area (Å²) in [6.07, 6.45) is 4.86.